The number of rotatable bonds is 3. The van der Waals surface area contributed by atoms with Crippen molar-refractivity contribution in [1.82, 2.24) is 9.80 Å². The Hall–Kier alpha value is -1.06. The van der Waals surface area contributed by atoms with Crippen molar-refractivity contribution >= 4 is 0 Å². The first-order valence-corrected chi connectivity index (χ1v) is 6.78. The lowest BCUT2D eigenvalue weighted by atomic mass is 9.99. The van der Waals surface area contributed by atoms with E-state index in [2.05, 4.69) is 30.8 Å². The van der Waals surface area contributed by atoms with Crippen molar-refractivity contribution in [3.63, 3.8) is 0 Å². The van der Waals surface area contributed by atoms with Gasteiger partial charge in [-0.1, -0.05) is 18.2 Å². The quantitative estimate of drug-likeness (QED) is 0.890. The van der Waals surface area contributed by atoms with Gasteiger partial charge in [0, 0.05) is 24.2 Å². The molecule has 1 saturated heterocycles. The first-order valence-electron chi connectivity index (χ1n) is 6.78. The zero-order valence-corrected chi connectivity index (χ0v) is 11.6. The summed E-state index contributed by atoms with van der Waals surface area (Å²) < 4.78 is 0. The predicted molar refractivity (Wildman–Crippen MR) is 74.8 cm³/mol. The summed E-state index contributed by atoms with van der Waals surface area (Å²) in [5, 5.41) is 9.95. The van der Waals surface area contributed by atoms with Crippen LogP contribution in [0.15, 0.2) is 24.3 Å². The van der Waals surface area contributed by atoms with Crippen LogP contribution in [0.4, 0.5) is 0 Å². The second-order valence-electron chi connectivity index (χ2n) is 5.49. The molecule has 18 heavy (non-hydrogen) atoms. The average molecular weight is 248 g/mol. The van der Waals surface area contributed by atoms with Gasteiger partial charge in [0.25, 0.3) is 0 Å². The van der Waals surface area contributed by atoms with Gasteiger partial charge in [0.1, 0.15) is 5.75 Å². The van der Waals surface area contributed by atoms with Gasteiger partial charge in [0.05, 0.1) is 0 Å². The third-order valence-corrected chi connectivity index (χ3v) is 4.09. The van der Waals surface area contributed by atoms with E-state index in [4.69, 9.17) is 0 Å². The number of likely N-dealkylation sites (tertiary alicyclic amines) is 1. The summed E-state index contributed by atoms with van der Waals surface area (Å²) in [7, 11) is 4.30. The number of phenols is 1. The van der Waals surface area contributed by atoms with Crippen molar-refractivity contribution in [3.05, 3.63) is 29.8 Å². The lowest BCUT2D eigenvalue weighted by Crippen LogP contribution is -2.45. The number of hydrogen-bond acceptors (Lipinski definition) is 3. The second-order valence-corrected chi connectivity index (χ2v) is 5.49. The number of piperidine rings is 1. The monoisotopic (exact) mass is 248 g/mol. The molecule has 2 rings (SSSR count). The Morgan fingerprint density at radius 2 is 2.06 bits per heavy atom. The molecular weight excluding hydrogens is 224 g/mol. The Labute approximate surface area is 110 Å². The van der Waals surface area contributed by atoms with E-state index in [0.717, 1.165) is 18.7 Å². The van der Waals surface area contributed by atoms with E-state index in [1.54, 1.807) is 6.07 Å². The summed E-state index contributed by atoms with van der Waals surface area (Å²) in [4.78, 5) is 4.78. The highest BCUT2D eigenvalue weighted by Crippen LogP contribution is 2.30. The molecule has 2 unspecified atom stereocenters. The van der Waals surface area contributed by atoms with Crippen LogP contribution in [0.3, 0.4) is 0 Å². The highest BCUT2D eigenvalue weighted by atomic mass is 16.3. The predicted octanol–water partition coefficient (Wildman–Crippen LogP) is 2.48. The highest BCUT2D eigenvalue weighted by Gasteiger charge is 2.26. The SMILES string of the molecule is CC(c1ccccc1O)N1CCCC(N(C)C)C1. The zero-order chi connectivity index (χ0) is 13.1. The Morgan fingerprint density at radius 1 is 1.33 bits per heavy atom. The van der Waals surface area contributed by atoms with Gasteiger partial charge in [0.15, 0.2) is 0 Å². The van der Waals surface area contributed by atoms with Gasteiger partial charge >= 0.3 is 0 Å². The summed E-state index contributed by atoms with van der Waals surface area (Å²) in [6.45, 7) is 4.40. The van der Waals surface area contributed by atoms with Gasteiger partial charge in [-0.15, -0.1) is 0 Å². The maximum Gasteiger partial charge on any atom is 0.120 e. The van der Waals surface area contributed by atoms with Crippen molar-refractivity contribution in [1.29, 1.82) is 0 Å². The van der Waals surface area contributed by atoms with Crippen molar-refractivity contribution in [2.24, 2.45) is 0 Å². The van der Waals surface area contributed by atoms with E-state index in [1.165, 1.54) is 12.8 Å². The second kappa shape index (κ2) is 5.72. The van der Waals surface area contributed by atoms with Crippen LogP contribution in [0.25, 0.3) is 0 Å². The largest absolute Gasteiger partial charge is 0.508 e. The minimum absolute atomic E-state index is 0.286. The maximum atomic E-state index is 9.95. The lowest BCUT2D eigenvalue weighted by Gasteiger charge is -2.39. The van der Waals surface area contributed by atoms with Crippen molar-refractivity contribution < 1.29 is 5.11 Å². The molecule has 0 spiro atoms. The van der Waals surface area contributed by atoms with Crippen molar-refractivity contribution in [2.75, 3.05) is 27.2 Å². The lowest BCUT2D eigenvalue weighted by molar-refractivity contribution is 0.101. The molecule has 0 aromatic heterocycles. The van der Waals surface area contributed by atoms with Gasteiger partial charge in [-0.3, -0.25) is 4.90 Å². The Kier molecular flexibility index (Phi) is 4.25. The molecule has 0 aliphatic carbocycles. The molecule has 3 nitrogen and oxygen atoms in total. The number of likely N-dealkylation sites (N-methyl/N-ethyl adjacent to an activating group) is 1. The van der Waals surface area contributed by atoms with Crippen LogP contribution in [0.1, 0.15) is 31.4 Å². The fourth-order valence-electron chi connectivity index (χ4n) is 2.79. The Bertz CT molecular complexity index is 392. The molecule has 0 saturated carbocycles. The molecule has 1 fully saturated rings. The van der Waals surface area contributed by atoms with E-state index in [1.807, 2.05) is 18.2 Å². The minimum Gasteiger partial charge on any atom is -0.508 e. The van der Waals surface area contributed by atoms with Crippen LogP contribution >= 0.6 is 0 Å². The smallest absolute Gasteiger partial charge is 0.120 e. The van der Waals surface area contributed by atoms with E-state index >= 15 is 0 Å². The van der Waals surface area contributed by atoms with Crippen LogP contribution in [-0.2, 0) is 0 Å². The standard InChI is InChI=1S/C15H24N2O/c1-12(14-8-4-5-9-15(14)18)17-10-6-7-13(11-17)16(2)3/h4-5,8-9,12-13,18H,6-7,10-11H2,1-3H3. The van der Waals surface area contributed by atoms with Crippen LogP contribution in [0.5, 0.6) is 5.75 Å². The molecule has 0 amide bonds. The number of aromatic hydroxyl groups is 1. The van der Waals surface area contributed by atoms with Gasteiger partial charge in [0.2, 0.25) is 0 Å². The summed E-state index contributed by atoms with van der Waals surface area (Å²) >= 11 is 0. The molecule has 1 N–H and O–H groups in total. The minimum atomic E-state index is 0.286. The van der Waals surface area contributed by atoms with Gasteiger partial charge < -0.3 is 10.0 Å². The first kappa shape index (κ1) is 13.4. The van der Waals surface area contributed by atoms with E-state index in [-0.39, 0.29) is 6.04 Å². The molecule has 1 aliphatic heterocycles. The van der Waals surface area contributed by atoms with Crippen molar-refractivity contribution in [2.45, 2.75) is 31.8 Å². The van der Waals surface area contributed by atoms with Crippen molar-refractivity contribution in [3.8, 4) is 5.75 Å². The van der Waals surface area contributed by atoms with E-state index in [0.29, 0.717) is 11.8 Å². The topological polar surface area (TPSA) is 26.7 Å². The summed E-state index contributed by atoms with van der Waals surface area (Å²) in [6.07, 6.45) is 2.51. The molecule has 1 aromatic carbocycles. The molecule has 3 heteroatoms. The Morgan fingerprint density at radius 3 is 2.72 bits per heavy atom. The maximum absolute atomic E-state index is 9.95. The fraction of sp³-hybridized carbons (Fsp3) is 0.600. The molecule has 2 atom stereocenters. The highest BCUT2D eigenvalue weighted by molar-refractivity contribution is 5.34. The number of para-hydroxylation sites is 1. The van der Waals surface area contributed by atoms with Gasteiger partial charge in [-0.2, -0.15) is 0 Å². The zero-order valence-electron chi connectivity index (χ0n) is 11.6. The number of hydrogen-bond donors (Lipinski definition) is 1. The number of phenolic OH excluding ortho intramolecular Hbond substituents is 1. The molecule has 1 aliphatic rings. The molecule has 0 bridgehead atoms. The van der Waals surface area contributed by atoms with Crippen LogP contribution in [0.2, 0.25) is 0 Å². The number of benzene rings is 1. The summed E-state index contributed by atoms with van der Waals surface area (Å²) in [5.41, 5.74) is 1.04. The average Bonchev–Trinajstić information content (AvgIpc) is 2.38. The summed E-state index contributed by atoms with van der Waals surface area (Å²) in [6, 6.07) is 8.60. The molecule has 1 heterocycles. The fourth-order valence-corrected chi connectivity index (χ4v) is 2.79. The Balaban J connectivity index is 2.09. The third kappa shape index (κ3) is 2.85. The molecule has 100 valence electrons. The molecule has 1 aromatic rings. The van der Waals surface area contributed by atoms with E-state index in [9.17, 15) is 5.11 Å². The van der Waals surface area contributed by atoms with Crippen LogP contribution in [-0.4, -0.2) is 48.1 Å². The first-order chi connectivity index (χ1) is 8.59. The summed E-state index contributed by atoms with van der Waals surface area (Å²) in [5.74, 6) is 0.414. The van der Waals surface area contributed by atoms with Gasteiger partial charge in [-0.05, 0) is 46.5 Å². The third-order valence-electron chi connectivity index (χ3n) is 4.09. The number of nitrogens with zero attached hydrogens (tertiary/aromatic N) is 2. The normalized spacial score (nSPS) is 23.2. The van der Waals surface area contributed by atoms with E-state index < -0.39 is 0 Å². The van der Waals surface area contributed by atoms with Gasteiger partial charge in [-0.25, -0.2) is 0 Å². The molecular formula is C15H24N2O. The van der Waals surface area contributed by atoms with Crippen LogP contribution in [0, 0.1) is 0 Å². The van der Waals surface area contributed by atoms with Crippen LogP contribution < -0.4 is 0 Å². The molecule has 0 radical (unpaired) electrons.